The standard InChI is InChI=1S/C25H18F6O2/c1-2-32-24-21(27)14-17(15-22(24)28)19(25(29,30)31)10-6-7-16-11-12-20(26)23(13-16)33-18-8-4-3-5-9-18/h3-15H,2H2,1H3. The monoisotopic (exact) mass is 464 g/mol. The Hall–Kier alpha value is -3.68. The van der Waals surface area contributed by atoms with Crippen LogP contribution in [-0.2, 0) is 0 Å². The van der Waals surface area contributed by atoms with E-state index in [0.717, 1.165) is 12.1 Å². The summed E-state index contributed by atoms with van der Waals surface area (Å²) in [7, 11) is 0. The molecule has 0 aliphatic heterocycles. The van der Waals surface area contributed by atoms with Gasteiger partial charge in [-0.3, -0.25) is 0 Å². The summed E-state index contributed by atoms with van der Waals surface area (Å²) in [6.07, 6.45) is -1.88. The first-order valence-electron chi connectivity index (χ1n) is 9.79. The average Bonchev–Trinajstić information content (AvgIpc) is 2.75. The van der Waals surface area contributed by atoms with Crippen LogP contribution in [0.1, 0.15) is 18.1 Å². The number of allylic oxidation sites excluding steroid dienone is 3. The lowest BCUT2D eigenvalue weighted by Gasteiger charge is -2.14. The molecule has 8 heteroatoms. The molecule has 0 fully saturated rings. The van der Waals surface area contributed by atoms with Crippen molar-refractivity contribution in [3.8, 4) is 17.2 Å². The molecule has 3 rings (SSSR count). The van der Waals surface area contributed by atoms with Crippen LogP contribution in [-0.4, -0.2) is 12.8 Å². The van der Waals surface area contributed by atoms with E-state index in [1.54, 1.807) is 30.3 Å². The Morgan fingerprint density at radius 3 is 2.15 bits per heavy atom. The van der Waals surface area contributed by atoms with Gasteiger partial charge in [0.1, 0.15) is 5.75 Å². The highest BCUT2D eigenvalue weighted by atomic mass is 19.4. The maximum atomic E-state index is 14.1. The number of para-hydroxylation sites is 1. The Labute approximate surface area is 186 Å². The number of hydrogen-bond donors (Lipinski definition) is 0. The molecule has 33 heavy (non-hydrogen) atoms. The topological polar surface area (TPSA) is 18.5 Å². The summed E-state index contributed by atoms with van der Waals surface area (Å²) in [5.41, 5.74) is -1.61. The van der Waals surface area contributed by atoms with Crippen LogP contribution in [0.15, 0.2) is 72.8 Å². The van der Waals surface area contributed by atoms with Gasteiger partial charge in [-0.15, -0.1) is 0 Å². The van der Waals surface area contributed by atoms with E-state index < -0.39 is 40.5 Å². The first kappa shape index (κ1) is 24.0. The molecule has 0 spiro atoms. The van der Waals surface area contributed by atoms with E-state index in [4.69, 9.17) is 9.47 Å². The number of alkyl halides is 3. The van der Waals surface area contributed by atoms with Crippen molar-refractivity contribution in [2.24, 2.45) is 0 Å². The smallest absolute Gasteiger partial charge is 0.416 e. The summed E-state index contributed by atoms with van der Waals surface area (Å²) in [5, 5.41) is 0. The van der Waals surface area contributed by atoms with E-state index in [1.165, 1.54) is 25.1 Å². The number of benzene rings is 3. The average molecular weight is 464 g/mol. The van der Waals surface area contributed by atoms with Crippen LogP contribution in [0.2, 0.25) is 0 Å². The first-order chi connectivity index (χ1) is 15.7. The van der Waals surface area contributed by atoms with Crippen molar-refractivity contribution in [2.75, 3.05) is 6.61 Å². The number of ether oxygens (including phenoxy) is 2. The minimum atomic E-state index is -4.89. The third-order valence-electron chi connectivity index (χ3n) is 4.38. The van der Waals surface area contributed by atoms with Gasteiger partial charge in [-0.1, -0.05) is 36.4 Å². The van der Waals surface area contributed by atoms with Gasteiger partial charge in [0.05, 0.1) is 12.2 Å². The predicted octanol–water partition coefficient (Wildman–Crippen LogP) is 7.95. The minimum absolute atomic E-state index is 0.0501. The SMILES string of the molecule is CCOc1c(F)cc(C(=CC=Cc2ccc(F)c(Oc3ccccc3)c2)C(F)(F)F)cc1F. The van der Waals surface area contributed by atoms with Crippen LogP contribution in [0.5, 0.6) is 17.2 Å². The molecule has 3 aromatic carbocycles. The van der Waals surface area contributed by atoms with Crippen LogP contribution in [0.3, 0.4) is 0 Å². The number of halogens is 6. The maximum Gasteiger partial charge on any atom is 0.416 e. The van der Waals surface area contributed by atoms with Crippen LogP contribution < -0.4 is 9.47 Å². The largest absolute Gasteiger partial charge is 0.488 e. The second-order valence-corrected chi connectivity index (χ2v) is 6.74. The normalized spacial score (nSPS) is 12.3. The van der Waals surface area contributed by atoms with Crippen molar-refractivity contribution in [1.82, 2.24) is 0 Å². The van der Waals surface area contributed by atoms with E-state index in [1.807, 2.05) is 0 Å². The van der Waals surface area contributed by atoms with E-state index in [-0.39, 0.29) is 12.4 Å². The van der Waals surface area contributed by atoms with Crippen molar-refractivity contribution in [2.45, 2.75) is 13.1 Å². The van der Waals surface area contributed by atoms with Gasteiger partial charge < -0.3 is 9.47 Å². The lowest BCUT2D eigenvalue weighted by Crippen LogP contribution is -2.11. The van der Waals surface area contributed by atoms with Crippen LogP contribution in [0, 0.1) is 17.5 Å². The van der Waals surface area contributed by atoms with Gasteiger partial charge in [-0.2, -0.15) is 13.2 Å². The molecule has 0 aromatic heterocycles. The van der Waals surface area contributed by atoms with Gasteiger partial charge in [0.15, 0.2) is 29.0 Å². The molecule has 0 radical (unpaired) electrons. The van der Waals surface area contributed by atoms with Crippen molar-refractivity contribution in [1.29, 1.82) is 0 Å². The van der Waals surface area contributed by atoms with E-state index >= 15 is 0 Å². The number of rotatable bonds is 7. The molecule has 0 saturated heterocycles. The second-order valence-electron chi connectivity index (χ2n) is 6.74. The third-order valence-corrected chi connectivity index (χ3v) is 4.38. The quantitative estimate of drug-likeness (QED) is 0.261. The molecule has 0 aliphatic rings. The zero-order valence-electron chi connectivity index (χ0n) is 17.3. The van der Waals surface area contributed by atoms with Crippen molar-refractivity contribution >= 4 is 11.6 Å². The lowest BCUT2D eigenvalue weighted by atomic mass is 10.0. The Balaban J connectivity index is 1.90. The Bertz CT molecular complexity index is 1140. The van der Waals surface area contributed by atoms with Crippen LogP contribution >= 0.6 is 0 Å². The molecule has 0 saturated carbocycles. The van der Waals surface area contributed by atoms with Crippen LogP contribution in [0.25, 0.3) is 11.6 Å². The van der Waals surface area contributed by atoms with E-state index in [0.29, 0.717) is 29.5 Å². The summed E-state index contributed by atoms with van der Waals surface area (Å²) in [6, 6.07) is 13.3. The molecule has 2 nitrogen and oxygen atoms in total. The summed E-state index contributed by atoms with van der Waals surface area (Å²) < 4.78 is 93.1. The fourth-order valence-corrected chi connectivity index (χ4v) is 2.92. The third kappa shape index (κ3) is 6.19. The molecular formula is C25H18F6O2. The summed E-state index contributed by atoms with van der Waals surface area (Å²) in [6.45, 7) is 1.44. The Kier molecular flexibility index (Phi) is 7.48. The molecule has 0 aliphatic carbocycles. The molecule has 3 aromatic rings. The van der Waals surface area contributed by atoms with Gasteiger partial charge in [0.25, 0.3) is 0 Å². The first-order valence-corrected chi connectivity index (χ1v) is 9.79. The molecule has 0 N–H and O–H groups in total. The Morgan fingerprint density at radius 1 is 0.879 bits per heavy atom. The summed E-state index contributed by atoms with van der Waals surface area (Å²) in [5.74, 6) is -3.60. The highest BCUT2D eigenvalue weighted by Crippen LogP contribution is 2.36. The Morgan fingerprint density at radius 2 is 1.55 bits per heavy atom. The van der Waals surface area contributed by atoms with Crippen molar-refractivity contribution in [3.05, 3.63) is 101 Å². The highest BCUT2D eigenvalue weighted by molar-refractivity contribution is 5.73. The van der Waals surface area contributed by atoms with Crippen molar-refractivity contribution < 1.29 is 35.8 Å². The van der Waals surface area contributed by atoms with E-state index in [2.05, 4.69) is 0 Å². The molecule has 0 heterocycles. The molecule has 0 unspecified atom stereocenters. The fourth-order valence-electron chi connectivity index (χ4n) is 2.92. The zero-order valence-corrected chi connectivity index (χ0v) is 17.3. The summed E-state index contributed by atoms with van der Waals surface area (Å²) >= 11 is 0. The minimum Gasteiger partial charge on any atom is -0.488 e. The zero-order chi connectivity index (χ0) is 24.0. The number of hydrogen-bond acceptors (Lipinski definition) is 2. The van der Waals surface area contributed by atoms with Gasteiger partial charge in [0.2, 0.25) is 0 Å². The maximum absolute atomic E-state index is 14.1. The molecule has 0 atom stereocenters. The van der Waals surface area contributed by atoms with Crippen LogP contribution in [0.4, 0.5) is 26.3 Å². The molecule has 0 amide bonds. The van der Waals surface area contributed by atoms with Gasteiger partial charge in [-0.05, 0) is 60.5 Å². The lowest BCUT2D eigenvalue weighted by molar-refractivity contribution is -0.0689. The second kappa shape index (κ2) is 10.3. The highest BCUT2D eigenvalue weighted by Gasteiger charge is 2.35. The fraction of sp³-hybridized carbons (Fsp3) is 0.120. The van der Waals surface area contributed by atoms with Gasteiger partial charge in [-0.25, -0.2) is 13.2 Å². The summed E-state index contributed by atoms with van der Waals surface area (Å²) in [4.78, 5) is 0. The molecule has 172 valence electrons. The molecule has 0 bridgehead atoms. The van der Waals surface area contributed by atoms with Gasteiger partial charge >= 0.3 is 6.18 Å². The van der Waals surface area contributed by atoms with E-state index in [9.17, 15) is 26.3 Å². The predicted molar refractivity (Wildman–Crippen MR) is 114 cm³/mol. The van der Waals surface area contributed by atoms with Crippen molar-refractivity contribution in [3.63, 3.8) is 0 Å². The molecular weight excluding hydrogens is 446 g/mol. The van der Waals surface area contributed by atoms with Gasteiger partial charge in [0, 0.05) is 0 Å².